The number of hydrogen-bond donors (Lipinski definition) is 2. The van der Waals surface area contributed by atoms with Crippen LogP contribution in [-0.2, 0) is 13.6 Å². The van der Waals surface area contributed by atoms with Crippen LogP contribution in [0.5, 0.6) is 0 Å². The van der Waals surface area contributed by atoms with Crippen molar-refractivity contribution in [2.45, 2.75) is 19.6 Å². The van der Waals surface area contributed by atoms with Gasteiger partial charge in [-0.1, -0.05) is 18.2 Å². The van der Waals surface area contributed by atoms with E-state index < -0.39 is 6.10 Å². The van der Waals surface area contributed by atoms with Crippen molar-refractivity contribution in [2.75, 3.05) is 25.5 Å². The number of rotatable bonds is 6. The Bertz CT molecular complexity index is 639. The monoisotopic (exact) mass is 306 g/mol. The molecular formula is C16H23FN4O. The molecule has 1 atom stereocenters. The lowest BCUT2D eigenvalue weighted by atomic mass is 10.1. The van der Waals surface area contributed by atoms with Crippen LogP contribution < -0.4 is 10.2 Å². The third-order valence-electron chi connectivity index (χ3n) is 3.64. The van der Waals surface area contributed by atoms with E-state index in [1.807, 2.05) is 37.6 Å². The number of anilines is 1. The summed E-state index contributed by atoms with van der Waals surface area (Å²) in [6.07, 6.45) is -0.874. The van der Waals surface area contributed by atoms with Gasteiger partial charge in [0.15, 0.2) is 0 Å². The molecule has 0 amide bonds. The van der Waals surface area contributed by atoms with Crippen molar-refractivity contribution in [2.24, 2.45) is 7.05 Å². The number of aliphatic hydroxyl groups excluding tert-OH is 1. The van der Waals surface area contributed by atoms with E-state index in [4.69, 9.17) is 0 Å². The summed E-state index contributed by atoms with van der Waals surface area (Å²) in [5, 5.41) is 17.7. The quantitative estimate of drug-likeness (QED) is 0.854. The maximum absolute atomic E-state index is 13.6. The largest absolute Gasteiger partial charge is 0.387 e. The molecule has 0 aliphatic heterocycles. The lowest BCUT2D eigenvalue weighted by Crippen LogP contribution is -2.23. The fraction of sp³-hybridized carbons (Fsp3) is 0.438. The predicted molar refractivity (Wildman–Crippen MR) is 85.3 cm³/mol. The van der Waals surface area contributed by atoms with Crippen molar-refractivity contribution in [3.05, 3.63) is 46.9 Å². The summed E-state index contributed by atoms with van der Waals surface area (Å²) in [6, 6.07) is 6.29. The molecule has 0 aliphatic rings. The molecule has 1 aromatic heterocycles. The molecule has 5 nitrogen and oxygen atoms in total. The maximum Gasteiger partial charge on any atom is 0.130 e. The van der Waals surface area contributed by atoms with Gasteiger partial charge >= 0.3 is 0 Å². The highest BCUT2D eigenvalue weighted by Gasteiger charge is 2.16. The van der Waals surface area contributed by atoms with Crippen LogP contribution in [0.2, 0.25) is 0 Å². The molecule has 0 spiro atoms. The normalized spacial score (nSPS) is 12.5. The summed E-state index contributed by atoms with van der Waals surface area (Å²) in [5.74, 6) is 0.633. The number of benzene rings is 1. The molecule has 6 heteroatoms. The average Bonchev–Trinajstić information content (AvgIpc) is 2.73. The number of nitrogens with one attached hydrogen (secondary N) is 1. The Morgan fingerprint density at radius 1 is 1.36 bits per heavy atom. The minimum absolute atomic E-state index is 0.280. The van der Waals surface area contributed by atoms with Crippen molar-refractivity contribution < 1.29 is 9.50 Å². The van der Waals surface area contributed by atoms with Gasteiger partial charge in [-0.15, -0.1) is 0 Å². The van der Waals surface area contributed by atoms with Gasteiger partial charge in [0.2, 0.25) is 0 Å². The first-order valence-corrected chi connectivity index (χ1v) is 7.24. The van der Waals surface area contributed by atoms with E-state index in [0.717, 1.165) is 17.1 Å². The van der Waals surface area contributed by atoms with Crippen LogP contribution in [0.1, 0.15) is 22.9 Å². The van der Waals surface area contributed by atoms with Crippen LogP contribution in [0.4, 0.5) is 10.2 Å². The number of aryl methyl sites for hydroxylation is 2. The Kier molecular flexibility index (Phi) is 5.15. The zero-order valence-electron chi connectivity index (χ0n) is 13.5. The van der Waals surface area contributed by atoms with E-state index in [1.54, 1.807) is 18.2 Å². The van der Waals surface area contributed by atoms with Crippen molar-refractivity contribution in [1.29, 1.82) is 0 Å². The van der Waals surface area contributed by atoms with Gasteiger partial charge in [-0.3, -0.25) is 4.68 Å². The lowest BCUT2D eigenvalue weighted by molar-refractivity contribution is 0.169. The van der Waals surface area contributed by atoms with Crippen LogP contribution in [-0.4, -0.2) is 35.5 Å². The Hall–Kier alpha value is -1.92. The Balaban J connectivity index is 2.01. The first-order chi connectivity index (χ1) is 10.4. The average molecular weight is 306 g/mol. The highest BCUT2D eigenvalue weighted by Crippen LogP contribution is 2.21. The summed E-state index contributed by atoms with van der Waals surface area (Å²) < 4.78 is 15.5. The van der Waals surface area contributed by atoms with Gasteiger partial charge in [0.05, 0.1) is 11.8 Å². The second kappa shape index (κ2) is 6.89. The fourth-order valence-electron chi connectivity index (χ4n) is 2.65. The Morgan fingerprint density at radius 2 is 2.05 bits per heavy atom. The molecule has 120 valence electrons. The van der Waals surface area contributed by atoms with Crippen molar-refractivity contribution in [3.63, 3.8) is 0 Å². The molecule has 0 fully saturated rings. The molecule has 0 radical (unpaired) electrons. The molecule has 0 saturated heterocycles. The summed E-state index contributed by atoms with van der Waals surface area (Å²) in [7, 11) is 5.84. The molecule has 0 aliphatic carbocycles. The molecule has 0 unspecified atom stereocenters. The fourth-order valence-corrected chi connectivity index (χ4v) is 2.65. The number of hydrogen-bond acceptors (Lipinski definition) is 4. The Morgan fingerprint density at radius 3 is 2.68 bits per heavy atom. The van der Waals surface area contributed by atoms with Crippen LogP contribution in [0.25, 0.3) is 0 Å². The van der Waals surface area contributed by atoms with Crippen LogP contribution in [0, 0.1) is 12.7 Å². The Labute approximate surface area is 130 Å². The smallest absolute Gasteiger partial charge is 0.130 e. The third-order valence-corrected chi connectivity index (χ3v) is 3.64. The molecule has 0 saturated carbocycles. The molecular weight excluding hydrogens is 283 g/mol. The second-order valence-corrected chi connectivity index (χ2v) is 5.57. The number of aromatic nitrogens is 2. The van der Waals surface area contributed by atoms with E-state index in [0.29, 0.717) is 12.1 Å². The van der Waals surface area contributed by atoms with E-state index in [1.165, 1.54) is 6.07 Å². The van der Waals surface area contributed by atoms with E-state index in [-0.39, 0.29) is 12.4 Å². The standard InChI is InChI=1S/C16H23FN4O/c1-11-13(16(20(2)3)21(4)19-11)9-18-10-15(22)12-7-5-6-8-14(12)17/h5-8,15,18,22H,9-10H2,1-4H3/t15-/m0/s1. The van der Waals surface area contributed by atoms with Gasteiger partial charge < -0.3 is 15.3 Å². The molecule has 22 heavy (non-hydrogen) atoms. The van der Waals surface area contributed by atoms with Gasteiger partial charge in [-0.25, -0.2) is 4.39 Å². The first kappa shape index (κ1) is 16.5. The number of aliphatic hydroxyl groups is 1. The van der Waals surface area contributed by atoms with Gasteiger partial charge in [0.25, 0.3) is 0 Å². The number of halogens is 1. The molecule has 0 bridgehead atoms. The summed E-state index contributed by atoms with van der Waals surface area (Å²) in [4.78, 5) is 2.00. The van der Waals surface area contributed by atoms with Crippen LogP contribution >= 0.6 is 0 Å². The minimum atomic E-state index is -0.874. The van der Waals surface area contributed by atoms with Gasteiger partial charge in [0.1, 0.15) is 11.6 Å². The number of nitrogens with zero attached hydrogens (tertiary/aromatic N) is 3. The highest BCUT2D eigenvalue weighted by molar-refractivity contribution is 5.48. The van der Waals surface area contributed by atoms with Crippen LogP contribution in [0.15, 0.2) is 24.3 Å². The molecule has 2 rings (SSSR count). The topological polar surface area (TPSA) is 53.3 Å². The summed E-state index contributed by atoms with van der Waals surface area (Å²) in [5.41, 5.74) is 2.33. The summed E-state index contributed by atoms with van der Waals surface area (Å²) in [6.45, 7) is 2.80. The molecule has 1 aromatic carbocycles. The first-order valence-electron chi connectivity index (χ1n) is 7.24. The maximum atomic E-state index is 13.6. The van der Waals surface area contributed by atoms with Gasteiger partial charge in [-0.2, -0.15) is 5.10 Å². The van der Waals surface area contributed by atoms with Crippen molar-refractivity contribution >= 4 is 5.82 Å². The zero-order valence-corrected chi connectivity index (χ0v) is 13.5. The zero-order chi connectivity index (χ0) is 16.3. The second-order valence-electron chi connectivity index (χ2n) is 5.57. The molecule has 2 N–H and O–H groups in total. The molecule has 1 heterocycles. The lowest BCUT2D eigenvalue weighted by Gasteiger charge is -2.17. The van der Waals surface area contributed by atoms with Gasteiger partial charge in [0, 0.05) is 45.4 Å². The van der Waals surface area contributed by atoms with Gasteiger partial charge in [-0.05, 0) is 13.0 Å². The van der Waals surface area contributed by atoms with Crippen LogP contribution in [0.3, 0.4) is 0 Å². The highest BCUT2D eigenvalue weighted by atomic mass is 19.1. The SMILES string of the molecule is Cc1nn(C)c(N(C)C)c1CNC[C@H](O)c1ccccc1F. The van der Waals surface area contributed by atoms with E-state index in [9.17, 15) is 9.50 Å². The summed E-state index contributed by atoms with van der Waals surface area (Å²) >= 11 is 0. The molecule has 2 aromatic rings. The minimum Gasteiger partial charge on any atom is -0.387 e. The van der Waals surface area contributed by atoms with E-state index >= 15 is 0 Å². The third kappa shape index (κ3) is 3.45. The van der Waals surface area contributed by atoms with E-state index in [2.05, 4.69) is 10.4 Å². The predicted octanol–water partition coefficient (Wildman–Crippen LogP) is 1.76. The van der Waals surface area contributed by atoms with Crippen molar-refractivity contribution in [3.8, 4) is 0 Å². The van der Waals surface area contributed by atoms with Crippen molar-refractivity contribution in [1.82, 2.24) is 15.1 Å².